The van der Waals surface area contributed by atoms with Gasteiger partial charge in [0.05, 0.1) is 0 Å². The van der Waals surface area contributed by atoms with E-state index in [0.717, 1.165) is 19.4 Å². The van der Waals surface area contributed by atoms with E-state index in [1.165, 1.54) is 4.90 Å². The highest BCUT2D eigenvalue weighted by Crippen LogP contribution is 2.06. The molecule has 0 aromatic rings. The number of allylic oxidation sites excluding steroid dienone is 1. The van der Waals surface area contributed by atoms with Gasteiger partial charge in [-0.25, -0.2) is 0 Å². The molecule has 0 saturated carbocycles. The largest absolute Gasteiger partial charge is 0.351 e. The molecule has 1 rings (SSSR count). The van der Waals surface area contributed by atoms with Crippen molar-refractivity contribution in [2.75, 3.05) is 6.54 Å². The van der Waals surface area contributed by atoms with Crippen molar-refractivity contribution in [3.63, 3.8) is 0 Å². The van der Waals surface area contributed by atoms with Crippen molar-refractivity contribution in [2.24, 2.45) is 0 Å². The second-order valence-electron chi connectivity index (χ2n) is 2.11. The molecule has 0 radical (unpaired) electrons. The molecule has 1 aliphatic rings. The van der Waals surface area contributed by atoms with Crippen molar-refractivity contribution in [1.29, 1.82) is 0 Å². The van der Waals surface area contributed by atoms with Crippen molar-refractivity contribution in [2.45, 2.75) is 19.3 Å². The molecule has 0 bridgehead atoms. The second-order valence-corrected chi connectivity index (χ2v) is 2.11. The fourth-order valence-electron chi connectivity index (χ4n) is 0.869. The van der Waals surface area contributed by atoms with E-state index >= 15 is 0 Å². The summed E-state index contributed by atoms with van der Waals surface area (Å²) in [6, 6.07) is 0. The van der Waals surface area contributed by atoms with Gasteiger partial charge in [0.25, 0.3) is 0 Å². The molecule has 0 atom stereocenters. The first kappa shape index (κ1) is 6.58. The Morgan fingerprint density at radius 1 is 1.44 bits per heavy atom. The van der Waals surface area contributed by atoms with Gasteiger partial charge < -0.3 is 15.1 Å². The van der Waals surface area contributed by atoms with E-state index in [4.69, 9.17) is 10.2 Å². The van der Waals surface area contributed by atoms with E-state index in [2.05, 4.69) is 0 Å². The maximum Gasteiger partial charge on any atom is 0.234 e. The van der Waals surface area contributed by atoms with Crippen LogP contribution in [-0.4, -0.2) is 28.1 Å². The van der Waals surface area contributed by atoms with Gasteiger partial charge in [-0.2, -0.15) is 0 Å². The third-order valence-electron chi connectivity index (χ3n) is 1.38. The lowest BCUT2D eigenvalue weighted by Crippen LogP contribution is -2.32. The zero-order valence-electron chi connectivity index (χ0n) is 5.20. The summed E-state index contributed by atoms with van der Waals surface area (Å²) in [4.78, 5) is 1.49. The summed E-state index contributed by atoms with van der Waals surface area (Å²) in [5.74, 6) is 0. The maximum absolute atomic E-state index is 8.61. The Morgan fingerprint density at radius 2 is 2.22 bits per heavy atom. The van der Waals surface area contributed by atoms with E-state index in [0.29, 0.717) is 0 Å². The minimum atomic E-state index is -1.32. The summed E-state index contributed by atoms with van der Waals surface area (Å²) in [5, 5.41) is 17.2. The lowest BCUT2D eigenvalue weighted by Gasteiger charge is -2.24. The van der Waals surface area contributed by atoms with Crippen LogP contribution < -0.4 is 0 Å². The molecule has 3 heteroatoms. The van der Waals surface area contributed by atoms with Crippen LogP contribution in [0.15, 0.2) is 12.3 Å². The topological polar surface area (TPSA) is 43.7 Å². The number of rotatable bonds is 1. The van der Waals surface area contributed by atoms with Crippen molar-refractivity contribution >= 4 is 0 Å². The Bertz CT molecular complexity index is 112. The van der Waals surface area contributed by atoms with Crippen LogP contribution in [0.5, 0.6) is 0 Å². The Labute approximate surface area is 54.2 Å². The number of aliphatic hydroxyl groups is 2. The molecule has 0 spiro atoms. The highest BCUT2D eigenvalue weighted by atomic mass is 16.5. The zero-order valence-corrected chi connectivity index (χ0v) is 5.20. The van der Waals surface area contributed by atoms with Crippen LogP contribution in [0, 0.1) is 0 Å². The van der Waals surface area contributed by atoms with Crippen molar-refractivity contribution < 1.29 is 10.2 Å². The van der Waals surface area contributed by atoms with Crippen LogP contribution in [-0.2, 0) is 0 Å². The predicted molar refractivity (Wildman–Crippen MR) is 33.3 cm³/mol. The number of aliphatic hydroxyl groups excluding tert-OH is 1. The summed E-state index contributed by atoms with van der Waals surface area (Å²) in [6.45, 7) is 0.744. The highest BCUT2D eigenvalue weighted by molar-refractivity contribution is 4.86. The smallest absolute Gasteiger partial charge is 0.234 e. The van der Waals surface area contributed by atoms with E-state index in [-0.39, 0.29) is 0 Å². The van der Waals surface area contributed by atoms with Gasteiger partial charge in [-0.1, -0.05) is 6.08 Å². The lowest BCUT2D eigenvalue weighted by atomic mass is 10.2. The minimum absolute atomic E-state index is 0.744. The van der Waals surface area contributed by atoms with Gasteiger partial charge >= 0.3 is 0 Å². The minimum Gasteiger partial charge on any atom is -0.351 e. The van der Waals surface area contributed by atoms with Crippen LogP contribution in [0.1, 0.15) is 12.8 Å². The molecule has 9 heavy (non-hydrogen) atoms. The first-order valence-corrected chi connectivity index (χ1v) is 3.09. The molecular weight excluding hydrogens is 118 g/mol. The number of nitrogens with zero attached hydrogens (tertiary/aromatic N) is 1. The van der Waals surface area contributed by atoms with Crippen molar-refractivity contribution in [3.8, 4) is 0 Å². The predicted octanol–water partition coefficient (Wildman–Crippen LogP) is -0.136. The quantitative estimate of drug-likeness (QED) is 0.484. The zero-order chi connectivity index (χ0) is 6.69. The molecule has 3 nitrogen and oxygen atoms in total. The van der Waals surface area contributed by atoms with Gasteiger partial charge in [-0.05, 0) is 19.0 Å². The van der Waals surface area contributed by atoms with E-state index in [1.807, 2.05) is 6.08 Å². The Morgan fingerprint density at radius 3 is 2.56 bits per heavy atom. The van der Waals surface area contributed by atoms with Crippen LogP contribution in [0.3, 0.4) is 0 Å². The molecule has 0 aromatic heterocycles. The summed E-state index contributed by atoms with van der Waals surface area (Å²) < 4.78 is 0. The third kappa shape index (κ3) is 1.69. The fourth-order valence-corrected chi connectivity index (χ4v) is 0.869. The highest BCUT2D eigenvalue weighted by Gasteiger charge is 2.08. The van der Waals surface area contributed by atoms with Gasteiger partial charge in [-0.3, -0.25) is 0 Å². The Hall–Kier alpha value is -0.540. The standard InChI is InChI=1S/C6H11NO2/c8-6(9)7-4-2-1-3-5-7/h2,4,6,8-9H,1,3,5H2. The van der Waals surface area contributed by atoms with Crippen LogP contribution >= 0.6 is 0 Å². The van der Waals surface area contributed by atoms with Crippen LogP contribution in [0.25, 0.3) is 0 Å². The first-order chi connectivity index (χ1) is 4.30. The molecule has 1 heterocycles. The number of hydrogen-bond acceptors (Lipinski definition) is 3. The molecule has 1 aliphatic heterocycles. The van der Waals surface area contributed by atoms with E-state index < -0.39 is 6.41 Å². The molecule has 0 aliphatic carbocycles. The van der Waals surface area contributed by atoms with Crippen molar-refractivity contribution in [1.82, 2.24) is 4.90 Å². The van der Waals surface area contributed by atoms with Gasteiger partial charge in [0.2, 0.25) is 6.41 Å². The lowest BCUT2D eigenvalue weighted by molar-refractivity contribution is -0.136. The summed E-state index contributed by atoms with van der Waals surface area (Å²) in [5.41, 5.74) is 0. The molecule has 0 aromatic carbocycles. The van der Waals surface area contributed by atoms with Crippen LogP contribution in [0.2, 0.25) is 0 Å². The molecule has 0 unspecified atom stereocenters. The monoisotopic (exact) mass is 129 g/mol. The maximum atomic E-state index is 8.61. The van der Waals surface area contributed by atoms with E-state index in [1.54, 1.807) is 6.20 Å². The number of hydrogen-bond donors (Lipinski definition) is 2. The normalized spacial score (nSPS) is 19.2. The second kappa shape index (κ2) is 2.85. The average molecular weight is 129 g/mol. The molecule has 0 fully saturated rings. The SMILES string of the molecule is OC(O)N1C=CCCC1. The Kier molecular flexibility index (Phi) is 2.08. The van der Waals surface area contributed by atoms with Gasteiger partial charge in [0.1, 0.15) is 0 Å². The summed E-state index contributed by atoms with van der Waals surface area (Å²) >= 11 is 0. The summed E-state index contributed by atoms with van der Waals surface area (Å²) in [6.07, 6.45) is 4.38. The van der Waals surface area contributed by atoms with E-state index in [9.17, 15) is 0 Å². The van der Waals surface area contributed by atoms with Crippen molar-refractivity contribution in [3.05, 3.63) is 12.3 Å². The first-order valence-electron chi connectivity index (χ1n) is 3.09. The summed E-state index contributed by atoms with van der Waals surface area (Å²) in [7, 11) is 0. The van der Waals surface area contributed by atoms with Gasteiger partial charge in [0.15, 0.2) is 0 Å². The Balaban J connectivity index is 2.40. The van der Waals surface area contributed by atoms with Gasteiger partial charge in [-0.15, -0.1) is 0 Å². The molecular formula is C6H11NO2. The molecule has 52 valence electrons. The molecule has 0 amide bonds. The average Bonchev–Trinajstić information content (AvgIpc) is 1.90. The van der Waals surface area contributed by atoms with Gasteiger partial charge in [0, 0.05) is 6.54 Å². The molecule has 0 saturated heterocycles. The third-order valence-corrected chi connectivity index (χ3v) is 1.38. The fraction of sp³-hybridized carbons (Fsp3) is 0.667. The van der Waals surface area contributed by atoms with Crippen LogP contribution in [0.4, 0.5) is 0 Å². The molecule has 2 N–H and O–H groups in total.